The summed E-state index contributed by atoms with van der Waals surface area (Å²) in [6.07, 6.45) is 0. The topological polar surface area (TPSA) is 77.8 Å². The van der Waals surface area contributed by atoms with Gasteiger partial charge in [0, 0.05) is 5.56 Å². The van der Waals surface area contributed by atoms with Crippen LogP contribution < -0.4 is 5.73 Å². The minimum Gasteiger partial charge on any atom is -0.375 e. The van der Waals surface area contributed by atoms with Crippen molar-refractivity contribution in [3.63, 3.8) is 0 Å². The van der Waals surface area contributed by atoms with Crippen LogP contribution in [0.15, 0.2) is 33.0 Å². The molecule has 0 saturated heterocycles. The number of nitrogens with zero attached hydrogens (tertiary/aromatic N) is 3. The second-order valence-corrected chi connectivity index (χ2v) is 6.87. The van der Waals surface area contributed by atoms with Crippen LogP contribution in [0.4, 0.5) is 5.13 Å². The van der Waals surface area contributed by atoms with Gasteiger partial charge in [-0.1, -0.05) is 46.3 Å². The van der Waals surface area contributed by atoms with Gasteiger partial charge in [-0.05, 0) is 13.8 Å². The van der Waals surface area contributed by atoms with Crippen molar-refractivity contribution in [3.8, 4) is 11.4 Å². The van der Waals surface area contributed by atoms with E-state index < -0.39 is 0 Å². The molecule has 0 bridgehead atoms. The van der Waals surface area contributed by atoms with E-state index in [1.807, 2.05) is 38.1 Å². The molecule has 0 saturated carbocycles. The lowest BCUT2D eigenvalue weighted by atomic mass is 10.1. The average molecular weight is 318 g/mol. The van der Waals surface area contributed by atoms with Crippen LogP contribution >= 0.6 is 23.1 Å². The van der Waals surface area contributed by atoms with Gasteiger partial charge < -0.3 is 10.3 Å². The van der Waals surface area contributed by atoms with Crippen molar-refractivity contribution in [1.29, 1.82) is 0 Å². The molecule has 0 atom stereocenters. The Morgan fingerprint density at radius 2 is 1.95 bits per heavy atom. The Kier molecular flexibility index (Phi) is 3.94. The molecular weight excluding hydrogens is 304 g/mol. The SMILES string of the molecule is Cc1ccc(-c2noc(CSc3sc(N)nc3C)n2)cc1. The minimum atomic E-state index is 0.584. The number of benzene rings is 1. The lowest BCUT2D eigenvalue weighted by molar-refractivity contribution is 0.391. The highest BCUT2D eigenvalue weighted by Crippen LogP contribution is 2.32. The predicted octanol–water partition coefficient (Wildman–Crippen LogP) is 3.68. The maximum Gasteiger partial charge on any atom is 0.237 e. The van der Waals surface area contributed by atoms with E-state index in [0.29, 0.717) is 22.6 Å². The van der Waals surface area contributed by atoms with Gasteiger partial charge in [-0.15, -0.1) is 11.8 Å². The van der Waals surface area contributed by atoms with E-state index in [2.05, 4.69) is 15.1 Å². The smallest absolute Gasteiger partial charge is 0.237 e. The molecule has 3 rings (SSSR count). The third-order valence-corrected chi connectivity index (χ3v) is 5.21. The molecule has 0 amide bonds. The van der Waals surface area contributed by atoms with E-state index in [9.17, 15) is 0 Å². The molecule has 2 heterocycles. The van der Waals surface area contributed by atoms with E-state index in [4.69, 9.17) is 10.3 Å². The van der Waals surface area contributed by atoms with Crippen molar-refractivity contribution < 1.29 is 4.52 Å². The van der Waals surface area contributed by atoms with Crippen molar-refractivity contribution in [2.24, 2.45) is 0 Å². The number of thiazole rings is 1. The van der Waals surface area contributed by atoms with E-state index in [1.54, 1.807) is 11.8 Å². The zero-order chi connectivity index (χ0) is 14.8. The number of nitrogen functional groups attached to an aromatic ring is 1. The predicted molar refractivity (Wildman–Crippen MR) is 85.3 cm³/mol. The molecule has 108 valence electrons. The van der Waals surface area contributed by atoms with Gasteiger partial charge in [0.25, 0.3) is 0 Å². The molecule has 1 aromatic carbocycles. The second kappa shape index (κ2) is 5.87. The Hall–Kier alpha value is -1.86. The van der Waals surface area contributed by atoms with E-state index in [1.165, 1.54) is 16.9 Å². The van der Waals surface area contributed by atoms with Crippen molar-refractivity contribution in [2.45, 2.75) is 23.8 Å². The summed E-state index contributed by atoms with van der Waals surface area (Å²) in [5, 5.41) is 4.60. The number of anilines is 1. The summed E-state index contributed by atoms with van der Waals surface area (Å²) in [6, 6.07) is 8.05. The molecular formula is C14H14N4OS2. The standard InChI is InChI=1S/C14H14N4OS2/c1-8-3-5-10(6-4-8)12-17-11(19-18-12)7-20-13-9(2)16-14(15)21-13/h3-6H,7H2,1-2H3,(H2,15,16). The molecule has 0 aliphatic carbocycles. The Bertz CT molecular complexity index is 749. The van der Waals surface area contributed by atoms with Crippen LogP contribution in [-0.4, -0.2) is 15.1 Å². The quantitative estimate of drug-likeness (QED) is 0.739. The minimum absolute atomic E-state index is 0.584. The van der Waals surface area contributed by atoms with E-state index >= 15 is 0 Å². The van der Waals surface area contributed by atoms with Crippen LogP contribution in [0.3, 0.4) is 0 Å². The first-order valence-corrected chi connectivity index (χ1v) is 8.17. The Labute approximate surface area is 130 Å². The molecule has 0 aliphatic heterocycles. The van der Waals surface area contributed by atoms with Crippen LogP contribution in [-0.2, 0) is 5.75 Å². The largest absolute Gasteiger partial charge is 0.375 e. The van der Waals surface area contributed by atoms with Crippen LogP contribution in [0.1, 0.15) is 17.1 Å². The highest BCUT2D eigenvalue weighted by atomic mass is 32.2. The van der Waals surface area contributed by atoms with Gasteiger partial charge in [0.1, 0.15) is 0 Å². The third-order valence-electron chi connectivity index (χ3n) is 2.88. The van der Waals surface area contributed by atoms with Gasteiger partial charge in [-0.25, -0.2) is 4.98 Å². The third kappa shape index (κ3) is 3.25. The number of aromatic nitrogens is 3. The van der Waals surface area contributed by atoms with Crippen LogP contribution in [0, 0.1) is 13.8 Å². The first-order chi connectivity index (χ1) is 10.1. The fraction of sp³-hybridized carbons (Fsp3) is 0.214. The summed E-state index contributed by atoms with van der Waals surface area (Å²) < 4.78 is 6.37. The van der Waals surface area contributed by atoms with Crippen LogP contribution in [0.2, 0.25) is 0 Å². The molecule has 7 heteroatoms. The fourth-order valence-electron chi connectivity index (χ4n) is 1.80. The van der Waals surface area contributed by atoms with Gasteiger partial charge in [0.05, 0.1) is 15.7 Å². The van der Waals surface area contributed by atoms with Crippen molar-refractivity contribution >= 4 is 28.2 Å². The zero-order valence-corrected chi connectivity index (χ0v) is 13.3. The molecule has 21 heavy (non-hydrogen) atoms. The molecule has 5 nitrogen and oxygen atoms in total. The Morgan fingerprint density at radius 3 is 2.62 bits per heavy atom. The van der Waals surface area contributed by atoms with Gasteiger partial charge in [0.2, 0.25) is 11.7 Å². The van der Waals surface area contributed by atoms with Gasteiger partial charge >= 0.3 is 0 Å². The molecule has 2 N–H and O–H groups in total. The van der Waals surface area contributed by atoms with Crippen molar-refractivity contribution in [2.75, 3.05) is 5.73 Å². The molecule has 0 unspecified atom stereocenters. The van der Waals surface area contributed by atoms with E-state index in [-0.39, 0.29) is 0 Å². The number of rotatable bonds is 4. The maximum absolute atomic E-state index is 5.68. The highest BCUT2D eigenvalue weighted by molar-refractivity contribution is 8.00. The monoisotopic (exact) mass is 318 g/mol. The Balaban J connectivity index is 1.70. The highest BCUT2D eigenvalue weighted by Gasteiger charge is 2.11. The maximum atomic E-state index is 5.68. The molecule has 0 aliphatic rings. The molecule has 0 radical (unpaired) electrons. The first kappa shape index (κ1) is 14.1. The molecule has 3 aromatic rings. The van der Waals surface area contributed by atoms with E-state index in [0.717, 1.165) is 15.5 Å². The summed E-state index contributed by atoms with van der Waals surface area (Å²) in [6.45, 7) is 3.99. The summed E-state index contributed by atoms with van der Waals surface area (Å²) in [5.41, 5.74) is 8.79. The first-order valence-electron chi connectivity index (χ1n) is 6.37. The fourth-order valence-corrected chi connectivity index (χ4v) is 3.66. The average Bonchev–Trinajstić information content (AvgIpc) is 3.04. The summed E-state index contributed by atoms with van der Waals surface area (Å²) in [5.74, 6) is 1.83. The van der Waals surface area contributed by atoms with Gasteiger partial charge in [-0.2, -0.15) is 4.98 Å². The summed E-state index contributed by atoms with van der Waals surface area (Å²) >= 11 is 3.09. The summed E-state index contributed by atoms with van der Waals surface area (Å²) in [7, 11) is 0. The van der Waals surface area contributed by atoms with Crippen LogP contribution in [0.5, 0.6) is 0 Å². The Morgan fingerprint density at radius 1 is 1.19 bits per heavy atom. The van der Waals surface area contributed by atoms with Gasteiger partial charge in [0.15, 0.2) is 5.13 Å². The molecule has 2 aromatic heterocycles. The molecule has 0 fully saturated rings. The zero-order valence-electron chi connectivity index (χ0n) is 11.7. The number of hydrogen-bond donors (Lipinski definition) is 1. The number of nitrogens with two attached hydrogens (primary N) is 1. The second-order valence-electron chi connectivity index (χ2n) is 4.59. The number of aryl methyl sites for hydroxylation is 2. The lowest BCUT2D eigenvalue weighted by Gasteiger charge is -1.95. The van der Waals surface area contributed by atoms with Crippen LogP contribution in [0.25, 0.3) is 11.4 Å². The van der Waals surface area contributed by atoms with Crippen molar-refractivity contribution in [3.05, 3.63) is 41.4 Å². The number of hydrogen-bond acceptors (Lipinski definition) is 7. The number of thioether (sulfide) groups is 1. The lowest BCUT2D eigenvalue weighted by Crippen LogP contribution is -1.83. The normalized spacial score (nSPS) is 11.0. The van der Waals surface area contributed by atoms with Crippen molar-refractivity contribution in [1.82, 2.24) is 15.1 Å². The molecule has 0 spiro atoms. The summed E-state index contributed by atoms with van der Waals surface area (Å²) in [4.78, 5) is 8.61. The van der Waals surface area contributed by atoms with Gasteiger partial charge in [-0.3, -0.25) is 0 Å².